The molecule has 0 saturated carbocycles. The van der Waals surface area contributed by atoms with E-state index in [1.165, 1.54) is 6.26 Å². The summed E-state index contributed by atoms with van der Waals surface area (Å²) in [4.78, 5) is 0.372. The monoisotopic (exact) mass is 255 g/mol. The van der Waals surface area contributed by atoms with E-state index in [9.17, 15) is 8.42 Å². The number of hydrogen-bond donors (Lipinski definition) is 1. The Kier molecular flexibility index (Phi) is 4.71. The van der Waals surface area contributed by atoms with E-state index in [-0.39, 0.29) is 6.04 Å². The zero-order valence-corrected chi connectivity index (χ0v) is 11.7. The van der Waals surface area contributed by atoms with Crippen LogP contribution in [0.2, 0.25) is 0 Å². The Bertz CT molecular complexity index is 451. The molecule has 3 nitrogen and oxygen atoms in total. The van der Waals surface area contributed by atoms with Gasteiger partial charge in [0.25, 0.3) is 0 Å². The highest BCUT2D eigenvalue weighted by Gasteiger charge is 2.10. The normalized spacial score (nSPS) is 15.5. The van der Waals surface area contributed by atoms with E-state index in [0.29, 0.717) is 10.9 Å². The van der Waals surface area contributed by atoms with Crippen molar-refractivity contribution in [3.05, 3.63) is 29.8 Å². The van der Waals surface area contributed by atoms with E-state index in [1.54, 1.807) is 12.1 Å². The fourth-order valence-electron chi connectivity index (χ4n) is 1.64. The van der Waals surface area contributed by atoms with Gasteiger partial charge < -0.3 is 5.32 Å². The molecule has 96 valence electrons. The summed E-state index contributed by atoms with van der Waals surface area (Å²) in [6, 6.07) is 7.77. The molecule has 1 aromatic rings. The Balaban J connectivity index is 2.81. The Hall–Kier alpha value is -0.870. The molecule has 1 N–H and O–H groups in total. The van der Waals surface area contributed by atoms with Crippen LogP contribution >= 0.6 is 0 Å². The molecule has 0 spiro atoms. The highest BCUT2D eigenvalue weighted by molar-refractivity contribution is 7.90. The molecule has 1 rings (SSSR count). The third-order valence-electron chi connectivity index (χ3n) is 2.96. The van der Waals surface area contributed by atoms with E-state index in [4.69, 9.17) is 0 Å². The van der Waals surface area contributed by atoms with Gasteiger partial charge >= 0.3 is 0 Å². The van der Waals surface area contributed by atoms with Crippen molar-refractivity contribution in [2.45, 2.75) is 44.2 Å². The first kappa shape index (κ1) is 14.2. The Morgan fingerprint density at radius 1 is 1.18 bits per heavy atom. The summed E-state index contributed by atoms with van der Waals surface area (Å²) >= 11 is 0. The molecule has 0 aliphatic heterocycles. The molecule has 2 atom stereocenters. The summed E-state index contributed by atoms with van der Waals surface area (Å²) in [5.74, 6) is 0. The van der Waals surface area contributed by atoms with Gasteiger partial charge in [-0.25, -0.2) is 8.42 Å². The van der Waals surface area contributed by atoms with E-state index in [1.807, 2.05) is 12.1 Å². The average Bonchev–Trinajstić information content (AvgIpc) is 2.27. The van der Waals surface area contributed by atoms with Crippen molar-refractivity contribution < 1.29 is 8.42 Å². The first-order chi connectivity index (χ1) is 7.84. The van der Waals surface area contributed by atoms with Crippen molar-refractivity contribution in [2.75, 3.05) is 6.26 Å². The lowest BCUT2D eigenvalue weighted by Crippen LogP contribution is -2.28. The van der Waals surface area contributed by atoms with Crippen molar-refractivity contribution in [3.8, 4) is 0 Å². The maximum absolute atomic E-state index is 11.3. The molecular formula is C13H21NO2S. The van der Waals surface area contributed by atoms with Crippen LogP contribution in [-0.2, 0) is 9.84 Å². The van der Waals surface area contributed by atoms with Crippen LogP contribution in [-0.4, -0.2) is 20.7 Å². The van der Waals surface area contributed by atoms with Crippen LogP contribution in [0.4, 0.5) is 0 Å². The number of nitrogens with one attached hydrogen (secondary N) is 1. The predicted molar refractivity (Wildman–Crippen MR) is 70.9 cm³/mol. The van der Waals surface area contributed by atoms with Crippen molar-refractivity contribution in [2.24, 2.45) is 0 Å². The van der Waals surface area contributed by atoms with E-state index >= 15 is 0 Å². The number of benzene rings is 1. The molecule has 0 saturated heterocycles. The smallest absolute Gasteiger partial charge is 0.175 e. The van der Waals surface area contributed by atoms with Gasteiger partial charge in [-0.15, -0.1) is 0 Å². The molecule has 0 aromatic heterocycles. The Morgan fingerprint density at radius 2 is 1.71 bits per heavy atom. The van der Waals surface area contributed by atoms with Crippen LogP contribution in [0.1, 0.15) is 38.8 Å². The van der Waals surface area contributed by atoms with Crippen molar-refractivity contribution in [1.29, 1.82) is 0 Å². The second-order valence-corrected chi connectivity index (χ2v) is 6.55. The average molecular weight is 255 g/mol. The maximum atomic E-state index is 11.3. The van der Waals surface area contributed by atoms with Crippen molar-refractivity contribution in [3.63, 3.8) is 0 Å². The van der Waals surface area contributed by atoms with Gasteiger partial charge in [0.2, 0.25) is 0 Å². The maximum Gasteiger partial charge on any atom is 0.175 e. The second-order valence-electron chi connectivity index (χ2n) is 4.54. The molecule has 0 bridgehead atoms. The molecule has 0 heterocycles. The second kappa shape index (κ2) is 5.65. The summed E-state index contributed by atoms with van der Waals surface area (Å²) in [7, 11) is -3.09. The number of hydrogen-bond acceptors (Lipinski definition) is 3. The minimum atomic E-state index is -3.09. The predicted octanol–water partition coefficient (Wildman–Crippen LogP) is 2.54. The quantitative estimate of drug-likeness (QED) is 0.879. The minimum Gasteiger partial charge on any atom is -0.308 e. The summed E-state index contributed by atoms with van der Waals surface area (Å²) in [5, 5.41) is 3.45. The van der Waals surface area contributed by atoms with Gasteiger partial charge in [-0.05, 0) is 38.0 Å². The topological polar surface area (TPSA) is 46.2 Å². The van der Waals surface area contributed by atoms with E-state index in [2.05, 4.69) is 26.1 Å². The fourth-order valence-corrected chi connectivity index (χ4v) is 2.28. The molecule has 0 amide bonds. The molecule has 1 aromatic carbocycles. The van der Waals surface area contributed by atoms with Gasteiger partial charge in [-0.3, -0.25) is 0 Å². The molecule has 17 heavy (non-hydrogen) atoms. The van der Waals surface area contributed by atoms with Crippen LogP contribution in [0, 0.1) is 0 Å². The van der Waals surface area contributed by atoms with Crippen LogP contribution < -0.4 is 5.32 Å². The minimum absolute atomic E-state index is 0.235. The zero-order valence-electron chi connectivity index (χ0n) is 10.9. The standard InChI is InChI=1S/C13H21NO2S/c1-5-10(2)14-11(3)12-6-8-13(9-7-12)17(4,15)16/h6-11,14H,5H2,1-4H3. The summed E-state index contributed by atoms with van der Waals surface area (Å²) in [6.07, 6.45) is 2.30. The van der Waals surface area contributed by atoms with Crippen molar-refractivity contribution >= 4 is 9.84 Å². The molecule has 0 fully saturated rings. The highest BCUT2D eigenvalue weighted by Crippen LogP contribution is 2.16. The summed E-state index contributed by atoms with van der Waals surface area (Å²) < 4.78 is 22.6. The number of rotatable bonds is 5. The Morgan fingerprint density at radius 3 is 2.12 bits per heavy atom. The third-order valence-corrected chi connectivity index (χ3v) is 4.08. The molecule has 4 heteroatoms. The van der Waals surface area contributed by atoms with Gasteiger partial charge in [0.15, 0.2) is 9.84 Å². The zero-order chi connectivity index (χ0) is 13.1. The highest BCUT2D eigenvalue weighted by atomic mass is 32.2. The molecule has 2 unspecified atom stereocenters. The fraction of sp³-hybridized carbons (Fsp3) is 0.538. The SMILES string of the molecule is CCC(C)NC(C)c1ccc(S(C)(=O)=O)cc1. The lowest BCUT2D eigenvalue weighted by molar-refractivity contribution is 0.469. The summed E-state index contributed by atoms with van der Waals surface area (Å²) in [5.41, 5.74) is 1.11. The first-order valence-corrected chi connectivity index (χ1v) is 7.79. The third kappa shape index (κ3) is 4.13. The molecule has 0 aliphatic rings. The van der Waals surface area contributed by atoms with Gasteiger partial charge in [0.05, 0.1) is 4.90 Å². The van der Waals surface area contributed by atoms with Crippen LogP contribution in [0.3, 0.4) is 0 Å². The van der Waals surface area contributed by atoms with E-state index < -0.39 is 9.84 Å². The van der Waals surface area contributed by atoms with E-state index in [0.717, 1.165) is 12.0 Å². The first-order valence-electron chi connectivity index (χ1n) is 5.90. The lowest BCUT2D eigenvalue weighted by Gasteiger charge is -2.19. The van der Waals surface area contributed by atoms with Crippen LogP contribution in [0.15, 0.2) is 29.2 Å². The summed E-state index contributed by atoms with van der Waals surface area (Å²) in [6.45, 7) is 6.36. The van der Waals surface area contributed by atoms with Gasteiger partial charge in [0, 0.05) is 18.3 Å². The van der Waals surface area contributed by atoms with Crippen molar-refractivity contribution in [1.82, 2.24) is 5.32 Å². The molecule has 0 aliphatic carbocycles. The number of sulfone groups is 1. The lowest BCUT2D eigenvalue weighted by atomic mass is 10.1. The Labute approximate surface area is 104 Å². The van der Waals surface area contributed by atoms with Crippen LogP contribution in [0.5, 0.6) is 0 Å². The van der Waals surface area contributed by atoms with Gasteiger partial charge in [-0.1, -0.05) is 19.1 Å². The van der Waals surface area contributed by atoms with Gasteiger partial charge in [-0.2, -0.15) is 0 Å². The molecule has 0 radical (unpaired) electrons. The largest absolute Gasteiger partial charge is 0.308 e. The van der Waals surface area contributed by atoms with Gasteiger partial charge in [0.1, 0.15) is 0 Å². The van der Waals surface area contributed by atoms with Crippen LogP contribution in [0.25, 0.3) is 0 Å². The molecular weight excluding hydrogens is 234 g/mol.